The number of ether oxygens (including phenoxy) is 2. The average molecular weight is 427 g/mol. The molecular weight excluding hydrogens is 392 g/mol. The largest absolute Gasteiger partial charge is 0.544 e. The first-order valence-corrected chi connectivity index (χ1v) is 13.5. The van der Waals surface area contributed by atoms with E-state index in [0.29, 0.717) is 13.2 Å². The van der Waals surface area contributed by atoms with E-state index in [0.717, 1.165) is 33.9 Å². The molecule has 0 aliphatic carbocycles. The molecular formula is C24H34N2O3Si. The van der Waals surface area contributed by atoms with E-state index in [1.807, 2.05) is 37.3 Å². The Balaban J connectivity index is 1.61. The molecule has 3 rings (SSSR count). The van der Waals surface area contributed by atoms with Gasteiger partial charge in [0.2, 0.25) is 8.32 Å². The van der Waals surface area contributed by atoms with Crippen molar-refractivity contribution in [2.75, 3.05) is 6.61 Å². The van der Waals surface area contributed by atoms with Crippen LogP contribution < -0.4 is 9.16 Å². The van der Waals surface area contributed by atoms with E-state index in [9.17, 15) is 0 Å². The van der Waals surface area contributed by atoms with Gasteiger partial charge in [0.15, 0.2) is 0 Å². The summed E-state index contributed by atoms with van der Waals surface area (Å²) in [4.78, 5) is 7.94. The van der Waals surface area contributed by atoms with E-state index in [-0.39, 0.29) is 11.1 Å². The average Bonchev–Trinajstić information content (AvgIpc) is 3.08. The second-order valence-electron chi connectivity index (χ2n) is 9.18. The van der Waals surface area contributed by atoms with Crippen molar-refractivity contribution in [1.29, 1.82) is 0 Å². The van der Waals surface area contributed by atoms with Crippen molar-refractivity contribution in [2.45, 2.75) is 65.5 Å². The zero-order chi connectivity index (χ0) is 21.9. The highest BCUT2D eigenvalue weighted by molar-refractivity contribution is 6.74. The van der Waals surface area contributed by atoms with Crippen molar-refractivity contribution < 1.29 is 13.9 Å². The van der Waals surface area contributed by atoms with Crippen LogP contribution in [0.2, 0.25) is 18.1 Å². The topological polar surface area (TPSA) is 56.4 Å². The molecule has 30 heavy (non-hydrogen) atoms. The molecule has 1 heterocycles. The maximum absolute atomic E-state index is 6.36. The standard InChI is InChI=1S/C24H34N2O3Si/c1-8-27-20-13-14-21-22(15-20)26-23(25-21)16-28-17(2)18-9-11-19(12-10-18)29-30(6,7)24(3,4)5/h9-15,17H,8,16H2,1-7H3,(H,25,26). The van der Waals surface area contributed by atoms with Crippen LogP contribution in [0.3, 0.4) is 0 Å². The van der Waals surface area contributed by atoms with Crippen LogP contribution in [0.1, 0.15) is 52.1 Å². The number of fused-ring (bicyclic) bond motifs is 1. The number of benzene rings is 2. The lowest BCUT2D eigenvalue weighted by atomic mass is 10.1. The molecule has 0 saturated carbocycles. The molecule has 0 amide bonds. The minimum Gasteiger partial charge on any atom is -0.544 e. The molecule has 0 aliphatic heterocycles. The van der Waals surface area contributed by atoms with Crippen molar-refractivity contribution in [3.05, 3.63) is 53.9 Å². The van der Waals surface area contributed by atoms with E-state index in [1.165, 1.54) is 0 Å². The van der Waals surface area contributed by atoms with Crippen LogP contribution in [-0.4, -0.2) is 24.9 Å². The molecule has 1 aromatic heterocycles. The van der Waals surface area contributed by atoms with Crippen LogP contribution in [0.5, 0.6) is 11.5 Å². The van der Waals surface area contributed by atoms with E-state index in [2.05, 4.69) is 62.9 Å². The molecule has 3 aromatic rings. The minimum atomic E-state index is -1.83. The molecule has 5 nitrogen and oxygen atoms in total. The summed E-state index contributed by atoms with van der Waals surface area (Å²) < 4.78 is 18.0. The van der Waals surface area contributed by atoms with Gasteiger partial charge in [-0.3, -0.25) is 0 Å². The lowest BCUT2D eigenvalue weighted by Crippen LogP contribution is -2.43. The Hall–Kier alpha value is -2.31. The van der Waals surface area contributed by atoms with Crippen LogP contribution in [0, 0.1) is 0 Å². The third-order valence-electron chi connectivity index (χ3n) is 5.81. The van der Waals surface area contributed by atoms with Gasteiger partial charge >= 0.3 is 0 Å². The van der Waals surface area contributed by atoms with Crippen LogP contribution in [-0.2, 0) is 11.3 Å². The fourth-order valence-electron chi connectivity index (χ4n) is 2.92. The number of aromatic nitrogens is 2. The molecule has 1 atom stereocenters. The number of hydrogen-bond acceptors (Lipinski definition) is 4. The first-order valence-electron chi connectivity index (χ1n) is 10.6. The summed E-state index contributed by atoms with van der Waals surface area (Å²) in [5, 5.41) is 0.179. The summed E-state index contributed by atoms with van der Waals surface area (Å²) in [6, 6.07) is 14.1. The van der Waals surface area contributed by atoms with Gasteiger partial charge in [0.05, 0.1) is 23.7 Å². The summed E-state index contributed by atoms with van der Waals surface area (Å²) in [6.07, 6.45) is -0.0425. The summed E-state index contributed by atoms with van der Waals surface area (Å²) in [7, 11) is -1.83. The third kappa shape index (κ3) is 5.23. The van der Waals surface area contributed by atoms with Crippen molar-refractivity contribution in [3.8, 4) is 11.5 Å². The highest BCUT2D eigenvalue weighted by Gasteiger charge is 2.38. The Labute approximate surface area is 180 Å². The summed E-state index contributed by atoms with van der Waals surface area (Å²) in [5.74, 6) is 2.57. The fraction of sp³-hybridized carbons (Fsp3) is 0.458. The number of nitrogens with zero attached hydrogens (tertiary/aromatic N) is 1. The van der Waals surface area contributed by atoms with Crippen molar-refractivity contribution in [3.63, 3.8) is 0 Å². The molecule has 2 aromatic carbocycles. The summed E-state index contributed by atoms with van der Waals surface area (Å²) in [6.45, 7) is 16.4. The van der Waals surface area contributed by atoms with Gasteiger partial charge in [-0.05, 0) is 61.8 Å². The molecule has 0 aliphatic rings. The van der Waals surface area contributed by atoms with E-state index >= 15 is 0 Å². The lowest BCUT2D eigenvalue weighted by molar-refractivity contribution is 0.0488. The molecule has 0 spiro atoms. The van der Waals surface area contributed by atoms with Crippen LogP contribution in [0.25, 0.3) is 11.0 Å². The van der Waals surface area contributed by atoms with Gasteiger partial charge in [-0.1, -0.05) is 32.9 Å². The monoisotopic (exact) mass is 426 g/mol. The van der Waals surface area contributed by atoms with E-state index in [4.69, 9.17) is 13.9 Å². The van der Waals surface area contributed by atoms with Crippen molar-refractivity contribution in [2.24, 2.45) is 0 Å². The number of hydrogen-bond donors (Lipinski definition) is 1. The van der Waals surface area contributed by atoms with Gasteiger partial charge in [0.1, 0.15) is 23.9 Å². The van der Waals surface area contributed by atoms with Gasteiger partial charge < -0.3 is 18.9 Å². The third-order valence-corrected chi connectivity index (χ3v) is 10.2. The summed E-state index contributed by atoms with van der Waals surface area (Å²) in [5.41, 5.74) is 2.99. The minimum absolute atomic E-state index is 0.0425. The highest BCUT2D eigenvalue weighted by Crippen LogP contribution is 2.37. The van der Waals surface area contributed by atoms with Crippen LogP contribution >= 0.6 is 0 Å². The Kier molecular flexibility index (Phi) is 6.58. The van der Waals surface area contributed by atoms with E-state index < -0.39 is 8.32 Å². The summed E-state index contributed by atoms with van der Waals surface area (Å²) >= 11 is 0. The number of nitrogens with one attached hydrogen (secondary N) is 1. The van der Waals surface area contributed by atoms with Gasteiger partial charge in [-0.2, -0.15) is 0 Å². The Morgan fingerprint density at radius 1 is 1.03 bits per heavy atom. The molecule has 1 N–H and O–H groups in total. The van der Waals surface area contributed by atoms with Crippen LogP contribution in [0.4, 0.5) is 0 Å². The number of rotatable bonds is 8. The first-order chi connectivity index (χ1) is 14.1. The van der Waals surface area contributed by atoms with Crippen molar-refractivity contribution in [1.82, 2.24) is 9.97 Å². The smallest absolute Gasteiger partial charge is 0.250 e. The maximum atomic E-state index is 6.36. The molecule has 1 unspecified atom stereocenters. The quantitative estimate of drug-likeness (QED) is 0.411. The molecule has 162 valence electrons. The van der Waals surface area contributed by atoms with Gasteiger partial charge in [0.25, 0.3) is 0 Å². The molecule has 0 saturated heterocycles. The van der Waals surface area contributed by atoms with E-state index in [1.54, 1.807) is 0 Å². The maximum Gasteiger partial charge on any atom is 0.250 e. The Bertz CT molecular complexity index is 974. The highest BCUT2D eigenvalue weighted by atomic mass is 28.4. The molecule has 6 heteroatoms. The lowest BCUT2D eigenvalue weighted by Gasteiger charge is -2.36. The molecule has 0 radical (unpaired) electrons. The number of H-pyrrole nitrogens is 1. The second-order valence-corrected chi connectivity index (χ2v) is 13.9. The predicted molar refractivity (Wildman–Crippen MR) is 125 cm³/mol. The van der Waals surface area contributed by atoms with Gasteiger partial charge in [-0.25, -0.2) is 4.98 Å². The fourth-order valence-corrected chi connectivity index (χ4v) is 3.95. The Morgan fingerprint density at radius 2 is 1.70 bits per heavy atom. The predicted octanol–water partition coefficient (Wildman–Crippen LogP) is 6.62. The zero-order valence-electron chi connectivity index (χ0n) is 19.2. The first kappa shape index (κ1) is 22.4. The molecule has 0 bridgehead atoms. The molecule has 0 fully saturated rings. The zero-order valence-corrected chi connectivity index (χ0v) is 20.2. The van der Waals surface area contributed by atoms with Gasteiger partial charge in [0, 0.05) is 6.07 Å². The normalized spacial score (nSPS) is 13.4. The SMILES string of the molecule is CCOc1ccc2[nH]c(COC(C)c3ccc(O[Si](C)(C)C(C)(C)C)cc3)nc2c1. The van der Waals surface area contributed by atoms with Crippen LogP contribution in [0.15, 0.2) is 42.5 Å². The second kappa shape index (κ2) is 8.82. The number of aromatic amines is 1. The number of imidazole rings is 1. The van der Waals surface area contributed by atoms with Gasteiger partial charge in [-0.15, -0.1) is 0 Å². The van der Waals surface area contributed by atoms with Crippen molar-refractivity contribution >= 4 is 19.4 Å². The Morgan fingerprint density at radius 3 is 2.33 bits per heavy atom.